The third-order valence-electron chi connectivity index (χ3n) is 3.80. The van der Waals surface area contributed by atoms with Gasteiger partial charge in [0.05, 0.1) is 11.3 Å². The molecule has 0 saturated carbocycles. The summed E-state index contributed by atoms with van der Waals surface area (Å²) in [5.41, 5.74) is 0.763. The standard InChI is InChI=1S/C21H23FN2O4S/c1-3-12-23-20(26)14(2)28-21(27)17-6-4-5-7-18(17)29-13-19(25)24-16-10-8-15(22)9-11-16/h4-11,14H,3,12-13H2,1-2H3,(H,23,26)(H,24,25). The second-order valence-corrected chi connectivity index (χ2v) is 7.20. The number of halogens is 1. The molecule has 2 N–H and O–H groups in total. The fourth-order valence-electron chi connectivity index (χ4n) is 2.30. The number of anilines is 1. The van der Waals surface area contributed by atoms with Crippen molar-refractivity contribution in [3.63, 3.8) is 0 Å². The van der Waals surface area contributed by atoms with Crippen LogP contribution in [0.3, 0.4) is 0 Å². The molecule has 0 radical (unpaired) electrons. The van der Waals surface area contributed by atoms with Crippen molar-refractivity contribution in [1.29, 1.82) is 0 Å². The second-order valence-electron chi connectivity index (χ2n) is 6.18. The van der Waals surface area contributed by atoms with Crippen molar-refractivity contribution in [2.45, 2.75) is 31.3 Å². The first-order valence-corrected chi connectivity index (χ1v) is 10.1. The summed E-state index contributed by atoms with van der Waals surface area (Å²) in [6, 6.07) is 12.2. The smallest absolute Gasteiger partial charge is 0.340 e. The van der Waals surface area contributed by atoms with Crippen LogP contribution in [0, 0.1) is 5.82 Å². The quantitative estimate of drug-likeness (QED) is 0.480. The zero-order chi connectivity index (χ0) is 21.2. The molecule has 6 nitrogen and oxygen atoms in total. The van der Waals surface area contributed by atoms with Crippen molar-refractivity contribution in [3.8, 4) is 0 Å². The van der Waals surface area contributed by atoms with Crippen LogP contribution in [-0.4, -0.2) is 36.2 Å². The second kappa shape index (κ2) is 11.2. The van der Waals surface area contributed by atoms with Gasteiger partial charge in [-0.15, -0.1) is 11.8 Å². The molecule has 0 bridgehead atoms. The van der Waals surface area contributed by atoms with Crippen molar-refractivity contribution < 1.29 is 23.5 Å². The number of hydrogen-bond donors (Lipinski definition) is 2. The van der Waals surface area contributed by atoms with Crippen LogP contribution in [-0.2, 0) is 14.3 Å². The molecule has 0 fully saturated rings. The van der Waals surface area contributed by atoms with Crippen LogP contribution in [0.1, 0.15) is 30.6 Å². The molecule has 0 aliphatic carbocycles. The van der Waals surface area contributed by atoms with Crippen LogP contribution in [0.15, 0.2) is 53.4 Å². The highest BCUT2D eigenvalue weighted by molar-refractivity contribution is 8.00. The van der Waals surface area contributed by atoms with Gasteiger partial charge >= 0.3 is 5.97 Å². The average molecular weight is 418 g/mol. The van der Waals surface area contributed by atoms with Gasteiger partial charge in [0.25, 0.3) is 5.91 Å². The highest BCUT2D eigenvalue weighted by atomic mass is 32.2. The number of amides is 2. The summed E-state index contributed by atoms with van der Waals surface area (Å²) in [6.45, 7) is 3.95. The Morgan fingerprint density at radius 3 is 2.48 bits per heavy atom. The first-order valence-electron chi connectivity index (χ1n) is 9.16. The zero-order valence-corrected chi connectivity index (χ0v) is 17.1. The Balaban J connectivity index is 1.95. The van der Waals surface area contributed by atoms with Crippen molar-refractivity contribution in [2.24, 2.45) is 0 Å². The first kappa shape index (κ1) is 22.4. The zero-order valence-electron chi connectivity index (χ0n) is 16.2. The number of esters is 1. The third kappa shape index (κ3) is 7.23. The number of carbonyl (C=O) groups excluding carboxylic acids is 3. The monoisotopic (exact) mass is 418 g/mol. The molecule has 2 amide bonds. The van der Waals surface area contributed by atoms with E-state index in [0.29, 0.717) is 17.1 Å². The Labute approximate surface area is 173 Å². The van der Waals surface area contributed by atoms with Crippen molar-refractivity contribution in [2.75, 3.05) is 17.6 Å². The first-order chi connectivity index (χ1) is 13.9. The summed E-state index contributed by atoms with van der Waals surface area (Å²) in [4.78, 5) is 37.1. The maximum Gasteiger partial charge on any atom is 0.340 e. The number of nitrogens with one attached hydrogen (secondary N) is 2. The van der Waals surface area contributed by atoms with E-state index in [2.05, 4.69) is 10.6 Å². The highest BCUT2D eigenvalue weighted by Gasteiger charge is 2.20. The molecule has 0 spiro atoms. The largest absolute Gasteiger partial charge is 0.449 e. The van der Waals surface area contributed by atoms with Gasteiger partial charge in [0.15, 0.2) is 6.10 Å². The maximum absolute atomic E-state index is 12.9. The minimum atomic E-state index is -0.922. The van der Waals surface area contributed by atoms with Gasteiger partial charge in [0, 0.05) is 17.1 Å². The summed E-state index contributed by atoms with van der Waals surface area (Å²) in [6.07, 6.45) is -0.139. The number of hydrogen-bond acceptors (Lipinski definition) is 5. The Bertz CT molecular complexity index is 858. The molecule has 1 unspecified atom stereocenters. The van der Waals surface area contributed by atoms with Crippen LogP contribution in [0.25, 0.3) is 0 Å². The van der Waals surface area contributed by atoms with Gasteiger partial charge in [-0.3, -0.25) is 9.59 Å². The molecule has 0 aliphatic heterocycles. The highest BCUT2D eigenvalue weighted by Crippen LogP contribution is 2.24. The molecule has 2 aromatic carbocycles. The Kier molecular flexibility index (Phi) is 8.67. The van der Waals surface area contributed by atoms with Crippen LogP contribution in [0.2, 0.25) is 0 Å². The summed E-state index contributed by atoms with van der Waals surface area (Å²) >= 11 is 1.17. The lowest BCUT2D eigenvalue weighted by Gasteiger charge is -2.14. The van der Waals surface area contributed by atoms with Crippen LogP contribution < -0.4 is 10.6 Å². The van der Waals surface area contributed by atoms with Gasteiger partial charge < -0.3 is 15.4 Å². The van der Waals surface area contributed by atoms with Gasteiger partial charge in [-0.1, -0.05) is 19.1 Å². The molecule has 2 rings (SSSR count). The molecule has 29 heavy (non-hydrogen) atoms. The number of carbonyl (C=O) groups is 3. The molecule has 0 heterocycles. The average Bonchev–Trinajstić information content (AvgIpc) is 2.72. The molecule has 154 valence electrons. The lowest BCUT2D eigenvalue weighted by Crippen LogP contribution is -2.36. The SMILES string of the molecule is CCCNC(=O)C(C)OC(=O)c1ccccc1SCC(=O)Nc1ccc(F)cc1. The van der Waals surface area contributed by atoms with Crippen LogP contribution >= 0.6 is 11.8 Å². The normalized spacial score (nSPS) is 11.4. The molecule has 2 aromatic rings. The topological polar surface area (TPSA) is 84.5 Å². The number of benzene rings is 2. The van der Waals surface area contributed by atoms with Crippen LogP contribution in [0.5, 0.6) is 0 Å². The Hall–Kier alpha value is -2.87. The molecule has 0 aliphatic rings. The Morgan fingerprint density at radius 2 is 1.79 bits per heavy atom. The molecule has 0 saturated heterocycles. The maximum atomic E-state index is 12.9. The Morgan fingerprint density at radius 1 is 1.10 bits per heavy atom. The fraction of sp³-hybridized carbons (Fsp3) is 0.286. The van der Waals surface area contributed by atoms with Crippen molar-refractivity contribution in [3.05, 3.63) is 59.9 Å². The number of thioether (sulfide) groups is 1. The van der Waals surface area contributed by atoms with Gasteiger partial charge in [0.1, 0.15) is 5.82 Å². The lowest BCUT2D eigenvalue weighted by molar-refractivity contribution is -0.129. The third-order valence-corrected chi connectivity index (χ3v) is 4.87. The van der Waals surface area contributed by atoms with Crippen LogP contribution in [0.4, 0.5) is 10.1 Å². The van der Waals surface area contributed by atoms with Gasteiger partial charge in [0.2, 0.25) is 5.91 Å². The van der Waals surface area contributed by atoms with E-state index < -0.39 is 12.1 Å². The predicted molar refractivity (Wildman–Crippen MR) is 110 cm³/mol. The van der Waals surface area contributed by atoms with Crippen molar-refractivity contribution in [1.82, 2.24) is 5.32 Å². The van der Waals surface area contributed by atoms with Gasteiger partial charge in [-0.05, 0) is 49.7 Å². The van der Waals surface area contributed by atoms with E-state index in [1.165, 1.54) is 43.0 Å². The van der Waals surface area contributed by atoms with E-state index in [9.17, 15) is 18.8 Å². The minimum Gasteiger partial charge on any atom is -0.449 e. The van der Waals surface area contributed by atoms with E-state index in [-0.39, 0.29) is 28.9 Å². The van der Waals surface area contributed by atoms with Crippen molar-refractivity contribution >= 4 is 35.2 Å². The molecular weight excluding hydrogens is 395 g/mol. The summed E-state index contributed by atoms with van der Waals surface area (Å²) in [5.74, 6) is -1.62. The molecule has 8 heteroatoms. The summed E-state index contributed by atoms with van der Waals surface area (Å²) < 4.78 is 18.2. The number of rotatable bonds is 9. The predicted octanol–water partition coefficient (Wildman–Crippen LogP) is 3.63. The molecular formula is C21H23FN2O4S. The minimum absolute atomic E-state index is 0.0498. The van der Waals surface area contributed by atoms with E-state index in [1.807, 2.05) is 6.92 Å². The lowest BCUT2D eigenvalue weighted by atomic mass is 10.2. The molecule has 0 aromatic heterocycles. The van der Waals surface area contributed by atoms with E-state index in [0.717, 1.165) is 6.42 Å². The summed E-state index contributed by atoms with van der Waals surface area (Å²) in [7, 11) is 0. The van der Waals surface area contributed by atoms with E-state index in [4.69, 9.17) is 4.74 Å². The van der Waals surface area contributed by atoms with Gasteiger partial charge in [-0.25, -0.2) is 9.18 Å². The summed E-state index contributed by atoms with van der Waals surface area (Å²) in [5, 5.41) is 5.33. The van der Waals surface area contributed by atoms with Gasteiger partial charge in [-0.2, -0.15) is 0 Å². The van der Waals surface area contributed by atoms with E-state index >= 15 is 0 Å². The molecule has 1 atom stereocenters. The fourth-order valence-corrected chi connectivity index (χ4v) is 3.14. The number of ether oxygens (including phenoxy) is 1. The van der Waals surface area contributed by atoms with E-state index in [1.54, 1.807) is 24.3 Å².